The SMILES string of the molecule is CCn1cc(-c2ccncc2)c(-c2cc(N(C(=O)O)S(=O)(=O)c3cc(F)ccc3F)ccc2F)n1. The van der Waals surface area contributed by atoms with Crippen molar-refractivity contribution in [3.8, 4) is 22.4 Å². The summed E-state index contributed by atoms with van der Waals surface area (Å²) in [6.45, 7) is 2.25. The van der Waals surface area contributed by atoms with Gasteiger partial charge in [0.15, 0.2) is 0 Å². The molecule has 0 aliphatic heterocycles. The highest BCUT2D eigenvalue weighted by Crippen LogP contribution is 2.36. The third kappa shape index (κ3) is 4.47. The Labute approximate surface area is 197 Å². The lowest BCUT2D eigenvalue weighted by Gasteiger charge is -2.20. The van der Waals surface area contributed by atoms with E-state index < -0.39 is 44.2 Å². The van der Waals surface area contributed by atoms with Crippen molar-refractivity contribution < 1.29 is 31.5 Å². The van der Waals surface area contributed by atoms with Crippen LogP contribution >= 0.6 is 0 Å². The number of sulfonamides is 1. The van der Waals surface area contributed by atoms with Gasteiger partial charge in [0, 0.05) is 36.3 Å². The Morgan fingerprint density at radius 2 is 1.69 bits per heavy atom. The summed E-state index contributed by atoms with van der Waals surface area (Å²) < 4.78 is 70.4. The van der Waals surface area contributed by atoms with E-state index in [1.165, 1.54) is 17.1 Å². The molecule has 0 aliphatic carbocycles. The molecule has 8 nitrogen and oxygen atoms in total. The second kappa shape index (κ2) is 9.22. The first kappa shape index (κ1) is 24.0. The lowest BCUT2D eigenvalue weighted by molar-refractivity contribution is 0.206. The van der Waals surface area contributed by atoms with E-state index in [9.17, 15) is 31.5 Å². The quantitative estimate of drug-likeness (QED) is 0.401. The number of hydrogen-bond donors (Lipinski definition) is 1. The van der Waals surface area contributed by atoms with E-state index in [0.717, 1.165) is 18.2 Å². The van der Waals surface area contributed by atoms with Gasteiger partial charge in [0.2, 0.25) is 0 Å². The molecule has 4 rings (SSSR count). The van der Waals surface area contributed by atoms with Crippen LogP contribution in [0.2, 0.25) is 0 Å². The first-order chi connectivity index (χ1) is 16.6. The molecule has 0 aliphatic rings. The van der Waals surface area contributed by atoms with Gasteiger partial charge >= 0.3 is 6.09 Å². The average molecular weight is 502 g/mol. The van der Waals surface area contributed by atoms with Gasteiger partial charge < -0.3 is 5.11 Å². The van der Waals surface area contributed by atoms with Gasteiger partial charge in [0.25, 0.3) is 10.0 Å². The van der Waals surface area contributed by atoms with Crippen LogP contribution in [0.1, 0.15) is 6.92 Å². The second-order valence-electron chi connectivity index (χ2n) is 7.27. The predicted molar refractivity (Wildman–Crippen MR) is 121 cm³/mol. The second-order valence-corrected chi connectivity index (χ2v) is 9.03. The highest BCUT2D eigenvalue weighted by atomic mass is 32.2. The smallest absolute Gasteiger partial charge is 0.426 e. The highest BCUT2D eigenvalue weighted by molar-refractivity contribution is 7.93. The molecule has 1 amide bonds. The minimum atomic E-state index is -5.12. The Morgan fingerprint density at radius 3 is 2.34 bits per heavy atom. The molecule has 0 saturated heterocycles. The molecule has 2 aromatic heterocycles. The maximum absolute atomic E-state index is 15.0. The predicted octanol–water partition coefficient (Wildman–Crippen LogP) is 4.92. The van der Waals surface area contributed by atoms with Crippen LogP contribution in [0.3, 0.4) is 0 Å². The van der Waals surface area contributed by atoms with Gasteiger partial charge in [-0.15, -0.1) is 0 Å². The number of amides is 1. The molecule has 0 saturated carbocycles. The number of nitrogens with zero attached hydrogens (tertiary/aromatic N) is 4. The molecular weight excluding hydrogens is 485 g/mol. The van der Waals surface area contributed by atoms with E-state index in [2.05, 4.69) is 10.1 Å². The number of aryl methyl sites for hydroxylation is 1. The molecule has 2 aromatic carbocycles. The number of carboxylic acid groups (broad SMARTS) is 1. The minimum absolute atomic E-state index is 0.122. The van der Waals surface area contributed by atoms with Gasteiger partial charge in [-0.2, -0.15) is 9.40 Å². The molecule has 0 radical (unpaired) electrons. The van der Waals surface area contributed by atoms with Crippen molar-refractivity contribution in [2.45, 2.75) is 18.4 Å². The topological polar surface area (TPSA) is 105 Å². The van der Waals surface area contributed by atoms with Gasteiger partial charge in [-0.05, 0) is 61.0 Å². The van der Waals surface area contributed by atoms with Gasteiger partial charge in [0.1, 0.15) is 28.0 Å². The summed E-state index contributed by atoms with van der Waals surface area (Å²) in [5.41, 5.74) is 0.555. The standard InChI is InChI=1S/C23H17F3N4O4S/c1-2-29-13-18(14-7-9-27-10-8-14)22(28-29)17-12-16(4-6-19(17)25)30(23(31)32)35(33,34)21-11-15(24)3-5-20(21)26/h3-13H,2H2,1H3,(H,31,32). The fourth-order valence-electron chi connectivity index (χ4n) is 3.47. The number of pyridine rings is 1. The molecule has 35 heavy (non-hydrogen) atoms. The van der Waals surface area contributed by atoms with E-state index in [-0.39, 0.29) is 15.6 Å². The number of benzene rings is 2. The Morgan fingerprint density at radius 1 is 1.00 bits per heavy atom. The van der Waals surface area contributed by atoms with Crippen molar-refractivity contribution in [3.05, 3.63) is 84.6 Å². The summed E-state index contributed by atoms with van der Waals surface area (Å²) in [5, 5.41) is 14.1. The highest BCUT2D eigenvalue weighted by Gasteiger charge is 2.34. The van der Waals surface area contributed by atoms with Crippen LogP contribution < -0.4 is 4.31 Å². The number of anilines is 1. The number of halogens is 3. The Hall–Kier alpha value is -4.19. The van der Waals surface area contributed by atoms with Crippen LogP contribution in [0.25, 0.3) is 22.4 Å². The number of aromatic nitrogens is 3. The van der Waals surface area contributed by atoms with Crippen molar-refractivity contribution in [2.24, 2.45) is 0 Å². The first-order valence-electron chi connectivity index (χ1n) is 10.1. The monoisotopic (exact) mass is 502 g/mol. The third-order valence-electron chi connectivity index (χ3n) is 5.10. The number of carbonyl (C=O) groups is 1. The molecule has 0 spiro atoms. The van der Waals surface area contributed by atoms with E-state index >= 15 is 0 Å². The Bertz CT molecular complexity index is 1530. The molecule has 0 fully saturated rings. The normalized spacial score (nSPS) is 11.4. The van der Waals surface area contributed by atoms with E-state index in [4.69, 9.17) is 0 Å². The summed E-state index contributed by atoms with van der Waals surface area (Å²) in [6, 6.07) is 7.73. The molecule has 0 atom stereocenters. The average Bonchev–Trinajstić information content (AvgIpc) is 3.26. The fraction of sp³-hybridized carbons (Fsp3) is 0.0870. The Kier molecular flexibility index (Phi) is 6.31. The summed E-state index contributed by atoms with van der Waals surface area (Å²) >= 11 is 0. The van der Waals surface area contributed by atoms with Crippen molar-refractivity contribution in [3.63, 3.8) is 0 Å². The molecule has 2 heterocycles. The molecule has 4 aromatic rings. The maximum Gasteiger partial charge on any atom is 0.426 e. The largest absolute Gasteiger partial charge is 0.464 e. The van der Waals surface area contributed by atoms with Gasteiger partial charge in [-0.3, -0.25) is 9.67 Å². The molecular formula is C23H17F3N4O4S. The van der Waals surface area contributed by atoms with Crippen LogP contribution in [-0.4, -0.2) is 34.4 Å². The van der Waals surface area contributed by atoms with Gasteiger partial charge in [0.05, 0.1) is 5.69 Å². The summed E-state index contributed by atoms with van der Waals surface area (Å²) in [7, 11) is -5.12. The fourth-order valence-corrected chi connectivity index (χ4v) is 4.84. The summed E-state index contributed by atoms with van der Waals surface area (Å²) in [6.07, 6.45) is 2.72. The molecule has 12 heteroatoms. The number of rotatable bonds is 6. The van der Waals surface area contributed by atoms with E-state index in [0.29, 0.717) is 35.9 Å². The lowest BCUT2D eigenvalue weighted by atomic mass is 10.0. The third-order valence-corrected chi connectivity index (χ3v) is 6.82. The lowest BCUT2D eigenvalue weighted by Crippen LogP contribution is -2.36. The van der Waals surface area contributed by atoms with Crippen LogP contribution in [0.5, 0.6) is 0 Å². The van der Waals surface area contributed by atoms with Crippen LogP contribution in [0, 0.1) is 17.5 Å². The van der Waals surface area contributed by atoms with Crippen LogP contribution in [0.15, 0.2) is 72.0 Å². The summed E-state index contributed by atoms with van der Waals surface area (Å²) in [5.74, 6) is -3.23. The number of hydrogen-bond acceptors (Lipinski definition) is 5. The van der Waals surface area contributed by atoms with Gasteiger partial charge in [-0.25, -0.2) is 26.4 Å². The zero-order valence-corrected chi connectivity index (χ0v) is 18.9. The van der Waals surface area contributed by atoms with Crippen molar-refractivity contribution in [2.75, 3.05) is 4.31 Å². The minimum Gasteiger partial charge on any atom is -0.464 e. The first-order valence-corrected chi connectivity index (χ1v) is 11.6. The van der Waals surface area contributed by atoms with E-state index in [1.54, 1.807) is 18.3 Å². The van der Waals surface area contributed by atoms with Gasteiger partial charge in [-0.1, -0.05) is 0 Å². The molecule has 180 valence electrons. The van der Waals surface area contributed by atoms with Crippen LogP contribution in [-0.2, 0) is 16.6 Å². The molecule has 1 N–H and O–H groups in total. The summed E-state index contributed by atoms with van der Waals surface area (Å²) in [4.78, 5) is 14.8. The molecule has 0 unspecified atom stereocenters. The maximum atomic E-state index is 15.0. The van der Waals surface area contributed by atoms with Crippen molar-refractivity contribution in [1.29, 1.82) is 0 Å². The zero-order valence-electron chi connectivity index (χ0n) is 18.1. The zero-order chi connectivity index (χ0) is 25.3. The molecule has 0 bridgehead atoms. The van der Waals surface area contributed by atoms with Crippen LogP contribution in [0.4, 0.5) is 23.7 Å². The van der Waals surface area contributed by atoms with E-state index in [1.807, 2.05) is 6.92 Å². The van der Waals surface area contributed by atoms with Crippen molar-refractivity contribution in [1.82, 2.24) is 14.8 Å². The van der Waals surface area contributed by atoms with Crippen molar-refractivity contribution >= 4 is 21.8 Å². The Balaban J connectivity index is 1.91.